The van der Waals surface area contributed by atoms with E-state index in [-0.39, 0.29) is 10.3 Å². The molecule has 142 valence electrons. The molecule has 0 unspecified atom stereocenters. The first kappa shape index (κ1) is 19.1. The Hall–Kier alpha value is -2.64. The van der Waals surface area contributed by atoms with Crippen molar-refractivity contribution in [2.45, 2.75) is 38.0 Å². The smallest absolute Gasteiger partial charge is 0.240 e. The van der Waals surface area contributed by atoms with Gasteiger partial charge in [0.1, 0.15) is 10.7 Å². The Kier molecular flexibility index (Phi) is 4.84. The average Bonchev–Trinajstić information content (AvgIpc) is 2.99. The van der Waals surface area contributed by atoms with Gasteiger partial charge in [-0.05, 0) is 30.7 Å². The van der Waals surface area contributed by atoms with Crippen LogP contribution in [0, 0.1) is 6.92 Å². The second-order valence-corrected chi connectivity index (χ2v) is 9.06. The van der Waals surface area contributed by atoms with E-state index in [4.69, 9.17) is 10.2 Å². The van der Waals surface area contributed by atoms with Crippen LogP contribution in [-0.2, 0) is 15.4 Å². The number of anilines is 2. The Morgan fingerprint density at radius 2 is 1.67 bits per heavy atom. The van der Waals surface area contributed by atoms with E-state index in [2.05, 4.69) is 26.1 Å². The maximum atomic E-state index is 11.9. The number of nitrogens with zero attached hydrogens (tertiary/aromatic N) is 2. The number of benzene rings is 2. The van der Waals surface area contributed by atoms with Crippen LogP contribution in [0.15, 0.2) is 59.5 Å². The van der Waals surface area contributed by atoms with Gasteiger partial charge in [-0.2, -0.15) is 5.10 Å². The highest BCUT2D eigenvalue weighted by Gasteiger charge is 2.22. The minimum Gasteiger partial charge on any atom is -0.339 e. The van der Waals surface area contributed by atoms with Crippen molar-refractivity contribution in [1.82, 2.24) is 9.78 Å². The topological polar surface area (TPSA) is 90.0 Å². The van der Waals surface area contributed by atoms with Crippen molar-refractivity contribution in [2.24, 2.45) is 5.14 Å². The molecule has 0 atom stereocenters. The number of nitrogens with two attached hydrogens (primary N) is 1. The predicted molar refractivity (Wildman–Crippen MR) is 108 cm³/mol. The molecule has 6 nitrogen and oxygen atoms in total. The van der Waals surface area contributed by atoms with Gasteiger partial charge in [0.15, 0.2) is 0 Å². The third kappa shape index (κ3) is 4.04. The molecule has 0 amide bonds. The van der Waals surface area contributed by atoms with E-state index < -0.39 is 10.0 Å². The number of hydrogen-bond acceptors (Lipinski definition) is 4. The maximum Gasteiger partial charge on any atom is 0.240 e. The molecule has 0 spiro atoms. The molecular formula is C20H24N4O2S. The predicted octanol–water partition coefficient (Wildman–Crippen LogP) is 3.87. The molecule has 0 aliphatic heterocycles. The van der Waals surface area contributed by atoms with E-state index >= 15 is 0 Å². The van der Waals surface area contributed by atoms with E-state index in [1.807, 2.05) is 37.3 Å². The number of hydrogen-bond donors (Lipinski definition) is 2. The van der Waals surface area contributed by atoms with Gasteiger partial charge in [-0.3, -0.25) is 0 Å². The van der Waals surface area contributed by atoms with E-state index in [0.717, 1.165) is 16.9 Å². The van der Waals surface area contributed by atoms with Gasteiger partial charge in [-0.25, -0.2) is 18.2 Å². The molecule has 0 bridgehead atoms. The largest absolute Gasteiger partial charge is 0.339 e. The van der Waals surface area contributed by atoms with Gasteiger partial charge in [0.05, 0.1) is 17.1 Å². The summed E-state index contributed by atoms with van der Waals surface area (Å²) in [6, 6.07) is 16.4. The second kappa shape index (κ2) is 6.83. The Labute approximate surface area is 160 Å². The Balaban J connectivity index is 2.17. The SMILES string of the molecule is Cc1ccccc1-n1nc(C(C)(C)C)cc1Nc1ccccc1S(N)(=O)=O. The summed E-state index contributed by atoms with van der Waals surface area (Å²) in [4.78, 5) is 0.0415. The van der Waals surface area contributed by atoms with Gasteiger partial charge < -0.3 is 5.32 Å². The zero-order valence-electron chi connectivity index (χ0n) is 15.9. The monoisotopic (exact) mass is 384 g/mol. The molecule has 1 aromatic heterocycles. The summed E-state index contributed by atoms with van der Waals surface area (Å²) in [7, 11) is -3.85. The molecular weight excluding hydrogens is 360 g/mol. The molecule has 3 aromatic rings. The molecule has 27 heavy (non-hydrogen) atoms. The number of primary sulfonamides is 1. The number of para-hydroxylation sites is 2. The van der Waals surface area contributed by atoms with Gasteiger partial charge in [0, 0.05) is 11.5 Å². The lowest BCUT2D eigenvalue weighted by Crippen LogP contribution is -2.14. The standard InChI is InChI=1S/C20H24N4O2S/c1-14-9-5-7-11-16(14)24-19(13-18(23-24)20(2,3)4)22-15-10-6-8-12-17(15)27(21,25)26/h5-13,22H,1-4H3,(H2,21,25,26). The average molecular weight is 385 g/mol. The minimum absolute atomic E-state index is 0.0415. The summed E-state index contributed by atoms with van der Waals surface area (Å²) in [6.45, 7) is 8.26. The lowest BCUT2D eigenvalue weighted by Gasteiger charge is -2.14. The summed E-state index contributed by atoms with van der Waals surface area (Å²) in [6.07, 6.45) is 0. The Morgan fingerprint density at radius 3 is 2.30 bits per heavy atom. The van der Waals surface area contributed by atoms with Crippen LogP contribution in [-0.4, -0.2) is 18.2 Å². The third-order valence-corrected chi connectivity index (χ3v) is 5.25. The summed E-state index contributed by atoms with van der Waals surface area (Å²) in [5, 5.41) is 13.3. The highest BCUT2D eigenvalue weighted by Crippen LogP contribution is 2.30. The molecule has 3 N–H and O–H groups in total. The molecule has 7 heteroatoms. The number of aromatic nitrogens is 2. The molecule has 1 heterocycles. The van der Waals surface area contributed by atoms with Crippen LogP contribution in [0.2, 0.25) is 0 Å². The van der Waals surface area contributed by atoms with Gasteiger partial charge in [0.25, 0.3) is 0 Å². The summed E-state index contributed by atoms with van der Waals surface area (Å²) in [5.74, 6) is 0.672. The maximum absolute atomic E-state index is 11.9. The molecule has 0 aliphatic carbocycles. The molecule has 3 rings (SSSR count). The highest BCUT2D eigenvalue weighted by atomic mass is 32.2. The summed E-state index contributed by atoms with van der Waals surface area (Å²) >= 11 is 0. The number of sulfonamides is 1. The second-order valence-electron chi connectivity index (χ2n) is 7.53. The fourth-order valence-electron chi connectivity index (χ4n) is 2.78. The van der Waals surface area contributed by atoms with Crippen molar-refractivity contribution < 1.29 is 8.42 Å². The van der Waals surface area contributed by atoms with Crippen LogP contribution in [0.5, 0.6) is 0 Å². The zero-order valence-corrected chi connectivity index (χ0v) is 16.7. The zero-order chi connectivity index (χ0) is 19.8. The van der Waals surface area contributed by atoms with Crippen molar-refractivity contribution in [3.8, 4) is 5.69 Å². The molecule has 2 aromatic carbocycles. The summed E-state index contributed by atoms with van der Waals surface area (Å²) in [5.41, 5.74) is 3.12. The van der Waals surface area contributed by atoms with Crippen LogP contribution >= 0.6 is 0 Å². The molecule has 0 radical (unpaired) electrons. The fourth-order valence-corrected chi connectivity index (χ4v) is 3.47. The lowest BCUT2D eigenvalue weighted by atomic mass is 9.92. The highest BCUT2D eigenvalue weighted by molar-refractivity contribution is 7.89. The first-order chi connectivity index (χ1) is 12.6. The third-order valence-electron chi connectivity index (χ3n) is 4.28. The van der Waals surface area contributed by atoms with Crippen LogP contribution in [0.25, 0.3) is 5.69 Å². The van der Waals surface area contributed by atoms with Crippen molar-refractivity contribution in [3.63, 3.8) is 0 Å². The Morgan fingerprint density at radius 1 is 1.04 bits per heavy atom. The fraction of sp³-hybridized carbons (Fsp3) is 0.250. The number of rotatable bonds is 4. The lowest BCUT2D eigenvalue weighted by molar-refractivity contribution is 0.560. The van der Waals surface area contributed by atoms with E-state index in [1.54, 1.807) is 22.9 Å². The molecule has 0 saturated heterocycles. The first-order valence-corrected chi connectivity index (χ1v) is 10.2. The van der Waals surface area contributed by atoms with Crippen LogP contribution < -0.4 is 10.5 Å². The normalized spacial score (nSPS) is 12.2. The van der Waals surface area contributed by atoms with Crippen molar-refractivity contribution in [1.29, 1.82) is 0 Å². The van der Waals surface area contributed by atoms with E-state index in [1.165, 1.54) is 6.07 Å². The van der Waals surface area contributed by atoms with E-state index in [0.29, 0.717) is 11.5 Å². The van der Waals surface area contributed by atoms with Crippen LogP contribution in [0.1, 0.15) is 32.0 Å². The Bertz CT molecular complexity index is 1080. The molecule has 0 fully saturated rings. The summed E-state index contributed by atoms with van der Waals surface area (Å²) < 4.78 is 25.7. The minimum atomic E-state index is -3.85. The van der Waals surface area contributed by atoms with E-state index in [9.17, 15) is 8.42 Å². The molecule has 0 aliphatic rings. The van der Waals surface area contributed by atoms with Crippen molar-refractivity contribution in [3.05, 3.63) is 65.9 Å². The van der Waals surface area contributed by atoms with Crippen LogP contribution in [0.4, 0.5) is 11.5 Å². The van der Waals surface area contributed by atoms with Crippen molar-refractivity contribution in [2.75, 3.05) is 5.32 Å². The van der Waals surface area contributed by atoms with Crippen LogP contribution in [0.3, 0.4) is 0 Å². The van der Waals surface area contributed by atoms with Crippen molar-refractivity contribution >= 4 is 21.5 Å². The first-order valence-electron chi connectivity index (χ1n) is 8.63. The number of aryl methyl sites for hydroxylation is 1. The van der Waals surface area contributed by atoms with Gasteiger partial charge in [-0.15, -0.1) is 0 Å². The quantitative estimate of drug-likeness (QED) is 0.714. The van der Waals surface area contributed by atoms with Gasteiger partial charge >= 0.3 is 0 Å². The molecule has 0 saturated carbocycles. The van der Waals surface area contributed by atoms with Gasteiger partial charge in [-0.1, -0.05) is 51.1 Å². The number of nitrogens with one attached hydrogen (secondary N) is 1. The van der Waals surface area contributed by atoms with Gasteiger partial charge in [0.2, 0.25) is 10.0 Å².